The zero-order chi connectivity index (χ0) is 21.8. The zero-order valence-corrected chi connectivity index (χ0v) is 18.2. The van der Waals surface area contributed by atoms with E-state index in [1.807, 2.05) is 37.3 Å². The van der Waals surface area contributed by atoms with Crippen LogP contribution < -0.4 is 10.5 Å². The van der Waals surface area contributed by atoms with E-state index in [4.69, 9.17) is 5.14 Å². The largest absolute Gasteiger partial charge is 0.481 e. The summed E-state index contributed by atoms with van der Waals surface area (Å²) >= 11 is 1.44. The Morgan fingerprint density at radius 3 is 2.28 bits per heavy atom. The van der Waals surface area contributed by atoms with Crippen LogP contribution in [0.2, 0.25) is 0 Å². The number of carboxylic acid groups (broad SMARTS) is 1. The minimum absolute atomic E-state index is 0.117. The highest BCUT2D eigenvalue weighted by atomic mass is 32.2. The van der Waals surface area contributed by atoms with Crippen molar-refractivity contribution in [1.29, 1.82) is 0 Å². The summed E-state index contributed by atoms with van der Waals surface area (Å²) in [5, 5.41) is 17.1. The minimum Gasteiger partial charge on any atom is -0.481 e. The van der Waals surface area contributed by atoms with Gasteiger partial charge in [-0.15, -0.1) is 11.8 Å². The van der Waals surface area contributed by atoms with Crippen molar-refractivity contribution < 1.29 is 26.7 Å². The first-order valence-electron chi connectivity index (χ1n) is 8.45. The van der Waals surface area contributed by atoms with Gasteiger partial charge in [0.25, 0.3) is 0 Å². The smallest absolute Gasteiger partial charge is 0.305 e. The summed E-state index contributed by atoms with van der Waals surface area (Å²) in [5.74, 6) is -1.05. The molecular weight excluding hydrogens is 436 g/mol. The molecule has 4 N–H and O–H groups in total. The fourth-order valence-electron chi connectivity index (χ4n) is 2.62. The maximum Gasteiger partial charge on any atom is 0.305 e. The highest BCUT2D eigenvalue weighted by Gasteiger charge is 2.25. The molecule has 2 atom stereocenters. The summed E-state index contributed by atoms with van der Waals surface area (Å²) in [4.78, 5) is 11.7. The van der Waals surface area contributed by atoms with Crippen molar-refractivity contribution in [2.45, 2.75) is 39.3 Å². The molecule has 0 spiro atoms. The van der Waals surface area contributed by atoms with E-state index in [2.05, 4.69) is 5.32 Å². The molecule has 29 heavy (non-hydrogen) atoms. The van der Waals surface area contributed by atoms with Gasteiger partial charge in [0, 0.05) is 22.4 Å². The first-order valence-corrected chi connectivity index (χ1v) is 12.8. The molecule has 2 aromatic carbocycles. The molecular formula is C18H22N2O6S3. The Balaban J connectivity index is 2.41. The van der Waals surface area contributed by atoms with Crippen LogP contribution in [0, 0.1) is 0 Å². The van der Waals surface area contributed by atoms with Crippen molar-refractivity contribution >= 4 is 43.3 Å². The van der Waals surface area contributed by atoms with Gasteiger partial charge in [0.2, 0.25) is 10.0 Å². The Morgan fingerprint density at radius 2 is 1.76 bits per heavy atom. The van der Waals surface area contributed by atoms with Crippen molar-refractivity contribution in [2.24, 2.45) is 5.14 Å². The van der Waals surface area contributed by atoms with Crippen molar-refractivity contribution in [3.63, 3.8) is 0 Å². The molecule has 1 unspecified atom stereocenters. The summed E-state index contributed by atoms with van der Waals surface area (Å²) in [6.07, 6.45) is 0.677. The van der Waals surface area contributed by atoms with Gasteiger partial charge in [-0.3, -0.25) is 4.79 Å². The molecule has 8 nitrogen and oxygen atoms in total. The number of nitrogens with two attached hydrogens (primary N) is 1. The highest BCUT2D eigenvalue weighted by molar-refractivity contribution is 8.00. The van der Waals surface area contributed by atoms with Crippen molar-refractivity contribution in [1.82, 2.24) is 0 Å². The van der Waals surface area contributed by atoms with Crippen LogP contribution in [0.25, 0.3) is 0 Å². The summed E-state index contributed by atoms with van der Waals surface area (Å²) < 4.78 is 47.6. The third kappa shape index (κ3) is 6.74. The molecule has 0 fully saturated rings. The zero-order valence-electron chi connectivity index (χ0n) is 15.8. The van der Waals surface area contributed by atoms with Crippen LogP contribution in [0.5, 0.6) is 0 Å². The Kier molecular flexibility index (Phi) is 7.33. The van der Waals surface area contributed by atoms with Gasteiger partial charge in [0.05, 0.1) is 21.9 Å². The maximum absolute atomic E-state index is 12.2. The third-order valence-corrected chi connectivity index (χ3v) is 7.34. The molecule has 0 saturated carbocycles. The van der Waals surface area contributed by atoms with Crippen LogP contribution >= 0.6 is 11.8 Å². The lowest BCUT2D eigenvalue weighted by Gasteiger charge is -2.25. The average molecular weight is 459 g/mol. The first kappa shape index (κ1) is 23.2. The summed E-state index contributed by atoms with van der Waals surface area (Å²) in [6, 6.07) is 12.2. The Labute approximate surface area is 174 Å². The van der Waals surface area contributed by atoms with Crippen LogP contribution in [-0.4, -0.2) is 45.5 Å². The molecule has 0 heterocycles. The van der Waals surface area contributed by atoms with Crippen LogP contribution in [-0.2, 0) is 24.7 Å². The SMILES string of the molecule is CC(Sc1ccccc1)[C@@H](CC(=O)O)Nc1ccc(S(N)(=O)=O)cc1S(C)(=O)=O. The van der Waals surface area contributed by atoms with Gasteiger partial charge in [-0.1, -0.05) is 25.1 Å². The number of carbonyl (C=O) groups is 1. The van der Waals surface area contributed by atoms with Gasteiger partial charge >= 0.3 is 5.97 Å². The molecule has 2 rings (SSSR count). The van der Waals surface area contributed by atoms with Crippen LogP contribution in [0.3, 0.4) is 0 Å². The van der Waals surface area contributed by atoms with E-state index in [-0.39, 0.29) is 27.1 Å². The number of carboxylic acids is 1. The normalized spacial score (nSPS) is 14.2. The van der Waals surface area contributed by atoms with E-state index in [0.29, 0.717) is 0 Å². The van der Waals surface area contributed by atoms with Gasteiger partial charge in [-0.25, -0.2) is 22.0 Å². The molecule has 0 aliphatic carbocycles. The van der Waals surface area contributed by atoms with E-state index in [1.54, 1.807) is 0 Å². The number of thioether (sulfide) groups is 1. The number of benzene rings is 2. The molecule has 11 heteroatoms. The van der Waals surface area contributed by atoms with E-state index in [1.165, 1.54) is 23.9 Å². The summed E-state index contributed by atoms with van der Waals surface area (Å²) in [6.45, 7) is 1.83. The molecule has 0 aliphatic heterocycles. The molecule has 0 radical (unpaired) electrons. The number of primary sulfonamides is 1. The van der Waals surface area contributed by atoms with Crippen LogP contribution in [0.1, 0.15) is 13.3 Å². The fraction of sp³-hybridized carbons (Fsp3) is 0.278. The van der Waals surface area contributed by atoms with E-state index in [9.17, 15) is 26.7 Å². The van der Waals surface area contributed by atoms with Crippen molar-refractivity contribution in [3.8, 4) is 0 Å². The number of hydrogen-bond acceptors (Lipinski definition) is 7. The summed E-state index contributed by atoms with van der Waals surface area (Å²) in [5.41, 5.74) is 0.117. The second kappa shape index (κ2) is 9.16. The quantitative estimate of drug-likeness (QED) is 0.485. The molecule has 0 amide bonds. The lowest BCUT2D eigenvalue weighted by molar-refractivity contribution is -0.137. The fourth-order valence-corrected chi connectivity index (χ4v) is 5.18. The number of sulfone groups is 1. The van der Waals surface area contributed by atoms with Crippen LogP contribution in [0.4, 0.5) is 5.69 Å². The molecule has 0 aromatic heterocycles. The lowest BCUT2D eigenvalue weighted by Crippen LogP contribution is -2.32. The number of sulfonamides is 1. The standard InChI is InChI=1S/C18H22N2O6S3/c1-12(27-13-6-4-3-5-7-13)16(11-18(21)22)20-15-9-8-14(29(19,25)26)10-17(15)28(2,23)24/h3-10,12,16,20H,11H2,1-2H3,(H,21,22)(H2,19,25,26)/t12?,16-/m1/s1. The van der Waals surface area contributed by atoms with Gasteiger partial charge in [-0.2, -0.15) is 0 Å². The van der Waals surface area contributed by atoms with Gasteiger partial charge in [-0.05, 0) is 30.3 Å². The lowest BCUT2D eigenvalue weighted by atomic mass is 10.1. The minimum atomic E-state index is -4.10. The Bertz CT molecular complexity index is 1090. The number of nitrogens with one attached hydrogen (secondary N) is 1. The molecule has 0 saturated heterocycles. The summed E-state index contributed by atoms with van der Waals surface area (Å²) in [7, 11) is -7.91. The van der Waals surface area contributed by atoms with Gasteiger partial charge in [0.15, 0.2) is 9.84 Å². The molecule has 158 valence electrons. The predicted octanol–water partition coefficient (Wildman–Crippen LogP) is 2.17. The van der Waals surface area contributed by atoms with Gasteiger partial charge in [0.1, 0.15) is 0 Å². The highest BCUT2D eigenvalue weighted by Crippen LogP contribution is 2.30. The predicted molar refractivity (Wildman–Crippen MR) is 112 cm³/mol. The topological polar surface area (TPSA) is 144 Å². The average Bonchev–Trinajstić information content (AvgIpc) is 2.60. The van der Waals surface area contributed by atoms with E-state index in [0.717, 1.165) is 17.2 Å². The number of anilines is 1. The number of aliphatic carboxylic acids is 1. The number of hydrogen-bond donors (Lipinski definition) is 3. The monoisotopic (exact) mass is 458 g/mol. The Morgan fingerprint density at radius 1 is 1.14 bits per heavy atom. The van der Waals surface area contributed by atoms with E-state index < -0.39 is 31.9 Å². The Hall–Kier alpha value is -2.08. The second-order valence-electron chi connectivity index (χ2n) is 6.46. The molecule has 0 bridgehead atoms. The van der Waals surface area contributed by atoms with Crippen LogP contribution in [0.15, 0.2) is 63.2 Å². The van der Waals surface area contributed by atoms with Gasteiger partial charge < -0.3 is 10.4 Å². The first-order chi connectivity index (χ1) is 13.4. The second-order valence-corrected chi connectivity index (χ2v) is 11.5. The van der Waals surface area contributed by atoms with Crippen molar-refractivity contribution in [3.05, 3.63) is 48.5 Å². The maximum atomic E-state index is 12.2. The third-order valence-electron chi connectivity index (χ3n) is 4.05. The number of rotatable bonds is 9. The van der Waals surface area contributed by atoms with E-state index >= 15 is 0 Å². The molecule has 2 aromatic rings. The molecule has 0 aliphatic rings. The van der Waals surface area contributed by atoms with Crippen molar-refractivity contribution in [2.75, 3.05) is 11.6 Å².